The van der Waals surface area contributed by atoms with Crippen molar-refractivity contribution >= 4 is 34.4 Å². The normalized spacial score (nSPS) is 14.0. The van der Waals surface area contributed by atoms with Crippen molar-refractivity contribution in [3.63, 3.8) is 0 Å². The summed E-state index contributed by atoms with van der Waals surface area (Å²) in [5.74, 6) is 1.42. The number of amides is 1. The van der Waals surface area contributed by atoms with E-state index >= 15 is 0 Å². The van der Waals surface area contributed by atoms with Gasteiger partial charge in [0.25, 0.3) is 5.91 Å². The lowest BCUT2D eigenvalue weighted by Gasteiger charge is -2.16. The number of nitrogens with one attached hydrogen (secondary N) is 3. The molecule has 134 valence electrons. The van der Waals surface area contributed by atoms with E-state index in [4.69, 9.17) is 9.97 Å². The summed E-state index contributed by atoms with van der Waals surface area (Å²) in [5.41, 5.74) is 3.39. The van der Waals surface area contributed by atoms with Crippen LogP contribution >= 0.6 is 0 Å². The first kappa shape index (κ1) is 16.4. The van der Waals surface area contributed by atoms with Gasteiger partial charge in [0.2, 0.25) is 5.95 Å². The van der Waals surface area contributed by atoms with Gasteiger partial charge >= 0.3 is 0 Å². The highest BCUT2D eigenvalue weighted by atomic mass is 16.1. The summed E-state index contributed by atoms with van der Waals surface area (Å²) in [6.45, 7) is 4.00. The van der Waals surface area contributed by atoms with Crippen molar-refractivity contribution in [3.8, 4) is 0 Å². The number of rotatable bonds is 4. The van der Waals surface area contributed by atoms with Gasteiger partial charge in [0.15, 0.2) is 0 Å². The van der Waals surface area contributed by atoms with Crippen molar-refractivity contribution in [1.29, 1.82) is 0 Å². The molecule has 0 saturated carbocycles. The van der Waals surface area contributed by atoms with E-state index in [1.807, 2.05) is 25.1 Å². The molecule has 26 heavy (non-hydrogen) atoms. The number of aryl methyl sites for hydroxylation is 1. The smallest absolute Gasteiger partial charge is 0.251 e. The maximum Gasteiger partial charge on any atom is 0.251 e. The number of benzene rings is 1. The van der Waals surface area contributed by atoms with Crippen LogP contribution in [0, 0.1) is 6.92 Å². The molecule has 3 heterocycles. The zero-order chi connectivity index (χ0) is 18.1. The summed E-state index contributed by atoms with van der Waals surface area (Å²) < 4.78 is 0. The van der Waals surface area contributed by atoms with Crippen LogP contribution in [0.25, 0.3) is 11.0 Å². The average molecular weight is 350 g/mol. The van der Waals surface area contributed by atoms with E-state index in [0.29, 0.717) is 5.56 Å². The van der Waals surface area contributed by atoms with Gasteiger partial charge in [-0.15, -0.1) is 0 Å². The van der Waals surface area contributed by atoms with E-state index in [-0.39, 0.29) is 5.91 Å². The first-order valence-corrected chi connectivity index (χ1v) is 8.85. The largest absolute Gasteiger partial charge is 0.355 e. The molecule has 2 aromatic heterocycles. The molecule has 0 spiro atoms. The molecule has 1 saturated heterocycles. The highest BCUT2D eigenvalue weighted by Crippen LogP contribution is 2.28. The van der Waals surface area contributed by atoms with Crippen LogP contribution in [0.5, 0.6) is 0 Å². The topological polar surface area (TPSA) is 85.9 Å². The number of nitrogens with zero attached hydrogens (tertiary/aromatic N) is 3. The lowest BCUT2D eigenvalue weighted by Crippen LogP contribution is -2.20. The second-order valence-corrected chi connectivity index (χ2v) is 6.56. The molecule has 1 aliphatic rings. The number of carbonyl (C=O) groups is 1. The fourth-order valence-electron chi connectivity index (χ4n) is 3.27. The molecule has 0 aliphatic carbocycles. The first-order chi connectivity index (χ1) is 12.6. The SMILES string of the molecule is CNC(=O)c1ccc(Nc2nc(N3CCCC3)nc3[nH]c(C)cc23)cc1. The lowest BCUT2D eigenvalue weighted by atomic mass is 10.2. The van der Waals surface area contributed by atoms with Gasteiger partial charge in [-0.25, -0.2) is 0 Å². The summed E-state index contributed by atoms with van der Waals surface area (Å²) >= 11 is 0. The fourth-order valence-corrected chi connectivity index (χ4v) is 3.27. The van der Waals surface area contributed by atoms with Gasteiger partial charge in [-0.1, -0.05) is 0 Å². The number of aromatic nitrogens is 3. The maximum atomic E-state index is 11.7. The van der Waals surface area contributed by atoms with Gasteiger partial charge < -0.3 is 20.5 Å². The number of hydrogen-bond acceptors (Lipinski definition) is 5. The molecule has 7 nitrogen and oxygen atoms in total. The van der Waals surface area contributed by atoms with Crippen LogP contribution < -0.4 is 15.5 Å². The standard InChI is InChI=1S/C19H22N6O/c1-12-11-15-16(21-12)23-19(25-9-3-4-10-25)24-17(15)22-14-7-5-13(6-8-14)18(26)20-2/h5-8,11H,3-4,9-10H2,1-2H3,(H,20,26)(H2,21,22,23,24). The molecule has 3 N–H and O–H groups in total. The minimum atomic E-state index is -0.0986. The predicted molar refractivity (Wildman–Crippen MR) is 103 cm³/mol. The minimum absolute atomic E-state index is 0.0986. The van der Waals surface area contributed by atoms with E-state index in [0.717, 1.165) is 47.3 Å². The zero-order valence-electron chi connectivity index (χ0n) is 15.0. The van der Waals surface area contributed by atoms with Crippen LogP contribution in [0.3, 0.4) is 0 Å². The maximum absolute atomic E-state index is 11.7. The van der Waals surface area contributed by atoms with Gasteiger partial charge in [0, 0.05) is 37.1 Å². The second-order valence-electron chi connectivity index (χ2n) is 6.56. The van der Waals surface area contributed by atoms with Crippen LogP contribution in [0.1, 0.15) is 28.9 Å². The third-order valence-electron chi connectivity index (χ3n) is 4.64. The third-order valence-corrected chi connectivity index (χ3v) is 4.64. The highest BCUT2D eigenvalue weighted by Gasteiger charge is 2.18. The molecule has 1 amide bonds. The van der Waals surface area contributed by atoms with E-state index in [1.165, 1.54) is 12.8 Å². The summed E-state index contributed by atoms with van der Waals surface area (Å²) in [4.78, 5) is 26.7. The van der Waals surface area contributed by atoms with Crippen LogP contribution in [0.2, 0.25) is 0 Å². The predicted octanol–water partition coefficient (Wildman–Crippen LogP) is 2.97. The van der Waals surface area contributed by atoms with Gasteiger partial charge in [0.05, 0.1) is 5.39 Å². The van der Waals surface area contributed by atoms with Crippen LogP contribution in [0.4, 0.5) is 17.5 Å². The van der Waals surface area contributed by atoms with E-state index in [9.17, 15) is 4.79 Å². The van der Waals surface area contributed by atoms with Crippen LogP contribution in [-0.2, 0) is 0 Å². The first-order valence-electron chi connectivity index (χ1n) is 8.85. The highest BCUT2D eigenvalue weighted by molar-refractivity contribution is 5.95. The van der Waals surface area contributed by atoms with Crippen molar-refractivity contribution in [3.05, 3.63) is 41.6 Å². The second kappa shape index (κ2) is 6.67. The van der Waals surface area contributed by atoms with Gasteiger partial charge in [0.1, 0.15) is 11.5 Å². The Morgan fingerprint density at radius 3 is 2.58 bits per heavy atom. The molecule has 1 aromatic carbocycles. The van der Waals surface area contributed by atoms with E-state index in [2.05, 4.69) is 20.5 Å². The molecule has 1 aliphatic heterocycles. The number of carbonyl (C=O) groups excluding carboxylic acids is 1. The average Bonchev–Trinajstić information content (AvgIpc) is 3.30. The molecule has 1 fully saturated rings. The Balaban J connectivity index is 1.69. The Kier molecular flexibility index (Phi) is 4.20. The van der Waals surface area contributed by atoms with Crippen molar-refractivity contribution in [1.82, 2.24) is 20.3 Å². The molecule has 0 bridgehead atoms. The monoisotopic (exact) mass is 350 g/mol. The fraction of sp³-hybridized carbons (Fsp3) is 0.316. The molecule has 7 heteroatoms. The summed E-state index contributed by atoms with van der Waals surface area (Å²) in [5, 5.41) is 6.96. The molecule has 0 atom stereocenters. The minimum Gasteiger partial charge on any atom is -0.355 e. The number of hydrogen-bond donors (Lipinski definition) is 3. The molecular formula is C19H22N6O. The van der Waals surface area contributed by atoms with Crippen LogP contribution in [-0.4, -0.2) is 41.0 Å². The summed E-state index contributed by atoms with van der Waals surface area (Å²) in [7, 11) is 1.63. The summed E-state index contributed by atoms with van der Waals surface area (Å²) in [6, 6.07) is 9.40. The molecule has 0 unspecified atom stereocenters. The molecule has 0 radical (unpaired) electrons. The van der Waals surface area contributed by atoms with Crippen molar-refractivity contribution in [2.24, 2.45) is 0 Å². The number of aromatic amines is 1. The van der Waals surface area contributed by atoms with Gasteiger partial charge in [-0.05, 0) is 50.1 Å². The van der Waals surface area contributed by atoms with E-state index < -0.39 is 0 Å². The Bertz CT molecular complexity index is 941. The Morgan fingerprint density at radius 2 is 1.88 bits per heavy atom. The quantitative estimate of drug-likeness (QED) is 0.673. The Labute approximate surface area is 151 Å². The third kappa shape index (κ3) is 3.08. The summed E-state index contributed by atoms with van der Waals surface area (Å²) in [6.07, 6.45) is 2.35. The number of fused-ring (bicyclic) bond motifs is 1. The number of H-pyrrole nitrogens is 1. The van der Waals surface area contributed by atoms with Gasteiger partial charge in [-0.3, -0.25) is 4.79 Å². The zero-order valence-corrected chi connectivity index (χ0v) is 15.0. The lowest BCUT2D eigenvalue weighted by molar-refractivity contribution is 0.0963. The molecule has 4 rings (SSSR count). The Morgan fingerprint density at radius 1 is 1.15 bits per heavy atom. The Hall–Kier alpha value is -3.09. The van der Waals surface area contributed by atoms with Gasteiger partial charge in [-0.2, -0.15) is 9.97 Å². The van der Waals surface area contributed by atoms with Crippen molar-refractivity contribution in [2.75, 3.05) is 30.4 Å². The van der Waals surface area contributed by atoms with Crippen molar-refractivity contribution < 1.29 is 4.79 Å². The van der Waals surface area contributed by atoms with Crippen LogP contribution in [0.15, 0.2) is 30.3 Å². The molecular weight excluding hydrogens is 328 g/mol. The van der Waals surface area contributed by atoms with E-state index in [1.54, 1.807) is 19.2 Å². The van der Waals surface area contributed by atoms with Crippen molar-refractivity contribution in [2.45, 2.75) is 19.8 Å². The number of anilines is 3. The molecule has 3 aromatic rings.